The summed E-state index contributed by atoms with van der Waals surface area (Å²) in [5.41, 5.74) is 0. The predicted molar refractivity (Wildman–Crippen MR) is 101 cm³/mol. The van der Waals surface area contributed by atoms with Gasteiger partial charge in [0.2, 0.25) is 5.91 Å². The summed E-state index contributed by atoms with van der Waals surface area (Å²) in [6, 6.07) is 0.468. The molecule has 4 aliphatic rings. The minimum absolute atomic E-state index is 0.306. The zero-order valence-corrected chi connectivity index (χ0v) is 15.9. The lowest BCUT2D eigenvalue weighted by molar-refractivity contribution is -0.128. The van der Waals surface area contributed by atoms with Crippen molar-refractivity contribution in [2.45, 2.75) is 80.7 Å². The Bertz CT molecular complexity index is 411. The number of thioether (sulfide) groups is 2. The molecule has 2 bridgehead atoms. The zero-order chi connectivity index (χ0) is 15.7. The normalized spacial score (nSPS) is 37.5. The highest BCUT2D eigenvalue weighted by Gasteiger charge is 2.55. The largest absolute Gasteiger partial charge is 0.353 e. The lowest BCUT2D eigenvalue weighted by Gasteiger charge is -2.52. The molecule has 2 nitrogen and oxygen atoms in total. The van der Waals surface area contributed by atoms with Crippen LogP contribution in [0.1, 0.15) is 70.6 Å². The van der Waals surface area contributed by atoms with Crippen LogP contribution < -0.4 is 5.32 Å². The number of hydrogen-bond donors (Lipinski definition) is 1. The molecule has 4 rings (SSSR count). The van der Waals surface area contributed by atoms with Gasteiger partial charge < -0.3 is 5.32 Å². The maximum Gasteiger partial charge on any atom is 0.223 e. The summed E-state index contributed by atoms with van der Waals surface area (Å²) < 4.78 is 0.497. The SMILES string of the molecule is O=C(NC1CCCCCC1)C1CC2CCCC(C1)C21SCCS1. The number of carbonyl (C=O) groups excluding carboxylic acids is 1. The van der Waals surface area contributed by atoms with Gasteiger partial charge in [-0.2, -0.15) is 0 Å². The van der Waals surface area contributed by atoms with Gasteiger partial charge in [0.25, 0.3) is 0 Å². The van der Waals surface area contributed by atoms with Crippen molar-refractivity contribution in [3.63, 3.8) is 0 Å². The van der Waals surface area contributed by atoms with E-state index in [0.717, 1.165) is 24.7 Å². The molecule has 4 heteroatoms. The zero-order valence-electron chi connectivity index (χ0n) is 14.2. The van der Waals surface area contributed by atoms with E-state index in [4.69, 9.17) is 0 Å². The van der Waals surface area contributed by atoms with E-state index in [2.05, 4.69) is 28.8 Å². The van der Waals surface area contributed by atoms with Gasteiger partial charge in [-0.05, 0) is 50.4 Å². The molecule has 4 fully saturated rings. The number of rotatable bonds is 2. The second-order valence-corrected chi connectivity index (χ2v) is 11.1. The highest BCUT2D eigenvalue weighted by molar-refractivity contribution is 8.21. The van der Waals surface area contributed by atoms with Crippen LogP contribution in [0, 0.1) is 17.8 Å². The Morgan fingerprint density at radius 2 is 1.43 bits per heavy atom. The summed E-state index contributed by atoms with van der Waals surface area (Å²) in [5.74, 6) is 4.94. The summed E-state index contributed by atoms with van der Waals surface area (Å²) in [5, 5.41) is 3.44. The van der Waals surface area contributed by atoms with Crippen molar-refractivity contribution in [3.05, 3.63) is 0 Å². The molecule has 3 aliphatic carbocycles. The molecule has 0 radical (unpaired) electrons. The molecule has 1 heterocycles. The van der Waals surface area contributed by atoms with Gasteiger partial charge in [-0.3, -0.25) is 4.79 Å². The van der Waals surface area contributed by atoms with Crippen LogP contribution in [0.25, 0.3) is 0 Å². The number of hydrogen-bond acceptors (Lipinski definition) is 3. The van der Waals surface area contributed by atoms with Gasteiger partial charge in [-0.25, -0.2) is 0 Å². The number of nitrogens with one attached hydrogen (secondary N) is 1. The smallest absolute Gasteiger partial charge is 0.223 e. The van der Waals surface area contributed by atoms with Crippen molar-refractivity contribution in [3.8, 4) is 0 Å². The topological polar surface area (TPSA) is 29.1 Å². The van der Waals surface area contributed by atoms with Crippen LogP contribution in [0.3, 0.4) is 0 Å². The molecule has 0 aromatic carbocycles. The lowest BCUT2D eigenvalue weighted by Crippen LogP contribution is -2.50. The van der Waals surface area contributed by atoms with Gasteiger partial charge in [-0.15, -0.1) is 23.5 Å². The van der Waals surface area contributed by atoms with Crippen molar-refractivity contribution >= 4 is 29.4 Å². The van der Waals surface area contributed by atoms with Crippen LogP contribution >= 0.6 is 23.5 Å². The van der Waals surface area contributed by atoms with Gasteiger partial charge in [0.15, 0.2) is 0 Å². The minimum atomic E-state index is 0.306. The third-order valence-corrected chi connectivity index (χ3v) is 10.7. The van der Waals surface area contributed by atoms with Gasteiger partial charge in [0.1, 0.15) is 0 Å². The van der Waals surface area contributed by atoms with Gasteiger partial charge in [-0.1, -0.05) is 32.1 Å². The van der Waals surface area contributed by atoms with E-state index in [9.17, 15) is 4.79 Å². The van der Waals surface area contributed by atoms with E-state index in [1.165, 1.54) is 69.3 Å². The van der Waals surface area contributed by atoms with Crippen LogP contribution in [0.4, 0.5) is 0 Å². The number of amides is 1. The molecule has 23 heavy (non-hydrogen) atoms. The Hall–Kier alpha value is 0.170. The highest BCUT2D eigenvalue weighted by Crippen LogP contribution is 2.64. The minimum Gasteiger partial charge on any atom is -0.353 e. The first-order chi connectivity index (χ1) is 11.3. The first-order valence-corrected chi connectivity index (χ1v) is 11.8. The third-order valence-electron chi connectivity index (χ3n) is 6.69. The molecular formula is C19H31NOS2. The molecular weight excluding hydrogens is 322 g/mol. The molecule has 130 valence electrons. The van der Waals surface area contributed by atoms with E-state index in [1.54, 1.807) is 0 Å². The van der Waals surface area contributed by atoms with Crippen molar-refractivity contribution in [2.75, 3.05) is 11.5 Å². The molecule has 1 saturated heterocycles. The quantitative estimate of drug-likeness (QED) is 0.721. The van der Waals surface area contributed by atoms with Crippen molar-refractivity contribution in [1.82, 2.24) is 5.32 Å². The van der Waals surface area contributed by atoms with Crippen molar-refractivity contribution in [2.24, 2.45) is 17.8 Å². The van der Waals surface area contributed by atoms with E-state index >= 15 is 0 Å². The molecule has 1 spiro atoms. The second kappa shape index (κ2) is 7.19. The summed E-state index contributed by atoms with van der Waals surface area (Å²) in [4.78, 5) is 12.9. The van der Waals surface area contributed by atoms with Crippen LogP contribution in [0.5, 0.6) is 0 Å². The molecule has 1 N–H and O–H groups in total. The molecule has 0 aromatic heterocycles. The standard InChI is InChI=1S/C19H31NOS2/c21-18(20-17-8-3-1-2-4-9-17)14-12-15-6-5-7-16(13-14)19(15)22-10-11-23-19/h14-17H,1-13H2,(H,20,21). The van der Waals surface area contributed by atoms with Crippen LogP contribution in [-0.2, 0) is 4.79 Å². The Labute approximate surface area is 149 Å². The van der Waals surface area contributed by atoms with Crippen molar-refractivity contribution in [1.29, 1.82) is 0 Å². The highest BCUT2D eigenvalue weighted by atomic mass is 32.2. The van der Waals surface area contributed by atoms with E-state index in [-0.39, 0.29) is 0 Å². The van der Waals surface area contributed by atoms with E-state index < -0.39 is 0 Å². The second-order valence-electron chi connectivity index (χ2n) is 8.11. The fraction of sp³-hybridized carbons (Fsp3) is 0.947. The van der Waals surface area contributed by atoms with Gasteiger partial charge in [0.05, 0.1) is 4.08 Å². The van der Waals surface area contributed by atoms with Crippen LogP contribution in [0.15, 0.2) is 0 Å². The first-order valence-electron chi connectivity index (χ1n) is 9.86. The summed E-state index contributed by atoms with van der Waals surface area (Å²) >= 11 is 4.48. The molecule has 3 saturated carbocycles. The summed E-state index contributed by atoms with van der Waals surface area (Å²) in [7, 11) is 0. The first kappa shape index (κ1) is 16.6. The monoisotopic (exact) mass is 353 g/mol. The van der Waals surface area contributed by atoms with E-state index in [0.29, 0.717) is 21.9 Å². The molecule has 0 aromatic rings. The van der Waals surface area contributed by atoms with Crippen LogP contribution in [0.2, 0.25) is 0 Å². The van der Waals surface area contributed by atoms with Gasteiger partial charge >= 0.3 is 0 Å². The molecule has 1 amide bonds. The molecule has 1 aliphatic heterocycles. The summed E-state index contributed by atoms with van der Waals surface area (Å²) in [6.45, 7) is 0. The average Bonchev–Trinajstić information content (AvgIpc) is 2.85. The Morgan fingerprint density at radius 1 is 0.826 bits per heavy atom. The Kier molecular flexibility index (Phi) is 5.20. The number of carbonyl (C=O) groups is 1. The third kappa shape index (κ3) is 3.31. The Balaban J connectivity index is 1.39. The van der Waals surface area contributed by atoms with E-state index in [1.807, 2.05) is 0 Å². The average molecular weight is 354 g/mol. The maximum absolute atomic E-state index is 12.9. The fourth-order valence-corrected chi connectivity index (χ4v) is 9.50. The fourth-order valence-electron chi connectivity index (χ4n) is 5.57. The molecule has 2 unspecified atom stereocenters. The Morgan fingerprint density at radius 3 is 2.04 bits per heavy atom. The van der Waals surface area contributed by atoms with Crippen LogP contribution in [-0.4, -0.2) is 27.5 Å². The van der Waals surface area contributed by atoms with Gasteiger partial charge in [0, 0.05) is 23.5 Å². The predicted octanol–water partition coefficient (Wildman–Crippen LogP) is 4.83. The van der Waals surface area contributed by atoms with Crippen molar-refractivity contribution < 1.29 is 4.79 Å². The lowest BCUT2D eigenvalue weighted by atomic mass is 9.67. The maximum atomic E-state index is 12.9. The summed E-state index contributed by atoms with van der Waals surface area (Å²) in [6.07, 6.45) is 14.2. The molecule has 2 atom stereocenters.